The van der Waals surface area contributed by atoms with Crippen molar-refractivity contribution < 1.29 is 4.52 Å². The van der Waals surface area contributed by atoms with Gasteiger partial charge in [-0.1, -0.05) is 35.5 Å². The van der Waals surface area contributed by atoms with Crippen LogP contribution >= 0.6 is 11.8 Å². The van der Waals surface area contributed by atoms with Crippen LogP contribution in [0.3, 0.4) is 0 Å². The SMILES string of the molecule is Nc1cccc(-c2noc(CSc3ccccc3)n2)c1. The van der Waals surface area contributed by atoms with Crippen LogP contribution in [0.25, 0.3) is 11.4 Å². The first-order chi connectivity index (χ1) is 9.81. The first-order valence-electron chi connectivity index (χ1n) is 6.17. The summed E-state index contributed by atoms with van der Waals surface area (Å²) in [7, 11) is 0. The summed E-state index contributed by atoms with van der Waals surface area (Å²) in [6.07, 6.45) is 0. The van der Waals surface area contributed by atoms with E-state index in [2.05, 4.69) is 22.3 Å². The van der Waals surface area contributed by atoms with Gasteiger partial charge in [-0.05, 0) is 24.3 Å². The minimum Gasteiger partial charge on any atom is -0.399 e. The Morgan fingerprint density at radius 2 is 1.90 bits per heavy atom. The average molecular weight is 283 g/mol. The molecular formula is C15H13N3OS. The molecule has 20 heavy (non-hydrogen) atoms. The molecule has 0 bridgehead atoms. The van der Waals surface area contributed by atoms with Crippen molar-refractivity contribution in [1.82, 2.24) is 10.1 Å². The Balaban J connectivity index is 1.71. The van der Waals surface area contributed by atoms with Crippen LogP contribution in [0.15, 0.2) is 64.0 Å². The second kappa shape index (κ2) is 5.79. The predicted octanol–water partition coefficient (Wildman–Crippen LogP) is 3.61. The van der Waals surface area contributed by atoms with E-state index in [0.29, 0.717) is 23.2 Å². The van der Waals surface area contributed by atoms with Gasteiger partial charge in [0, 0.05) is 16.1 Å². The lowest BCUT2D eigenvalue weighted by molar-refractivity contribution is 0.391. The average Bonchev–Trinajstić information content (AvgIpc) is 2.95. The van der Waals surface area contributed by atoms with Crippen molar-refractivity contribution in [2.24, 2.45) is 0 Å². The largest absolute Gasteiger partial charge is 0.399 e. The third-order valence-electron chi connectivity index (χ3n) is 2.72. The zero-order valence-electron chi connectivity index (χ0n) is 10.7. The molecule has 0 atom stereocenters. The predicted molar refractivity (Wildman–Crippen MR) is 80.1 cm³/mol. The highest BCUT2D eigenvalue weighted by atomic mass is 32.2. The van der Waals surface area contributed by atoms with E-state index >= 15 is 0 Å². The fraction of sp³-hybridized carbons (Fsp3) is 0.0667. The molecule has 1 aromatic heterocycles. The van der Waals surface area contributed by atoms with Crippen LogP contribution < -0.4 is 5.73 Å². The van der Waals surface area contributed by atoms with Crippen LogP contribution in [-0.4, -0.2) is 10.1 Å². The summed E-state index contributed by atoms with van der Waals surface area (Å²) >= 11 is 1.66. The first kappa shape index (κ1) is 12.7. The van der Waals surface area contributed by atoms with Crippen molar-refractivity contribution in [3.63, 3.8) is 0 Å². The molecule has 3 rings (SSSR count). The van der Waals surface area contributed by atoms with Crippen LogP contribution in [0.1, 0.15) is 5.89 Å². The Kier molecular flexibility index (Phi) is 3.69. The molecule has 3 aromatic rings. The molecule has 0 saturated heterocycles. The quantitative estimate of drug-likeness (QED) is 0.585. The van der Waals surface area contributed by atoms with Crippen LogP contribution in [0.5, 0.6) is 0 Å². The Morgan fingerprint density at radius 3 is 2.70 bits per heavy atom. The lowest BCUT2D eigenvalue weighted by Crippen LogP contribution is -1.87. The van der Waals surface area contributed by atoms with Gasteiger partial charge in [0.15, 0.2) is 0 Å². The van der Waals surface area contributed by atoms with E-state index in [4.69, 9.17) is 10.3 Å². The van der Waals surface area contributed by atoms with Crippen molar-refractivity contribution >= 4 is 17.4 Å². The summed E-state index contributed by atoms with van der Waals surface area (Å²) in [5.74, 6) is 1.83. The van der Waals surface area contributed by atoms with Gasteiger partial charge >= 0.3 is 0 Å². The second-order valence-electron chi connectivity index (χ2n) is 4.24. The van der Waals surface area contributed by atoms with Gasteiger partial charge in [0.25, 0.3) is 0 Å². The van der Waals surface area contributed by atoms with Crippen molar-refractivity contribution in [1.29, 1.82) is 0 Å². The molecule has 0 spiro atoms. The van der Waals surface area contributed by atoms with Gasteiger partial charge in [0.05, 0.1) is 5.75 Å². The van der Waals surface area contributed by atoms with Gasteiger partial charge in [-0.25, -0.2) is 0 Å². The molecule has 0 saturated carbocycles. The summed E-state index contributed by atoms with van der Waals surface area (Å²) in [6, 6.07) is 17.6. The third kappa shape index (κ3) is 3.00. The van der Waals surface area contributed by atoms with E-state index in [1.807, 2.05) is 42.5 Å². The maximum atomic E-state index is 5.75. The molecule has 0 aliphatic rings. The maximum Gasteiger partial charge on any atom is 0.237 e. The summed E-state index contributed by atoms with van der Waals surface area (Å²) in [6.45, 7) is 0. The Bertz CT molecular complexity index is 697. The molecule has 1 heterocycles. The number of nitrogens with two attached hydrogens (primary N) is 1. The van der Waals surface area contributed by atoms with E-state index in [9.17, 15) is 0 Å². The number of hydrogen-bond acceptors (Lipinski definition) is 5. The number of thioether (sulfide) groups is 1. The van der Waals surface area contributed by atoms with Gasteiger partial charge < -0.3 is 10.3 Å². The minimum atomic E-state index is 0.570. The number of hydrogen-bond donors (Lipinski definition) is 1. The summed E-state index contributed by atoms with van der Waals surface area (Å²) < 4.78 is 5.26. The van der Waals surface area contributed by atoms with E-state index in [1.165, 1.54) is 4.90 Å². The monoisotopic (exact) mass is 283 g/mol. The molecular weight excluding hydrogens is 270 g/mol. The highest BCUT2D eigenvalue weighted by Gasteiger charge is 2.09. The van der Waals surface area contributed by atoms with Crippen LogP contribution in [0, 0.1) is 0 Å². The summed E-state index contributed by atoms with van der Waals surface area (Å²) in [4.78, 5) is 5.56. The normalized spacial score (nSPS) is 10.6. The molecule has 0 radical (unpaired) electrons. The number of aromatic nitrogens is 2. The topological polar surface area (TPSA) is 64.9 Å². The third-order valence-corrected chi connectivity index (χ3v) is 3.72. The lowest BCUT2D eigenvalue weighted by Gasteiger charge is -1.96. The molecule has 100 valence electrons. The minimum absolute atomic E-state index is 0.570. The van der Waals surface area contributed by atoms with Gasteiger partial charge in [0.1, 0.15) is 0 Å². The van der Waals surface area contributed by atoms with E-state index in [0.717, 1.165) is 5.56 Å². The standard InChI is InChI=1S/C15H13N3OS/c16-12-6-4-5-11(9-12)15-17-14(19-18-15)10-20-13-7-2-1-3-8-13/h1-9H,10,16H2. The molecule has 0 fully saturated rings. The van der Waals surface area contributed by atoms with E-state index < -0.39 is 0 Å². The van der Waals surface area contributed by atoms with Crippen molar-refractivity contribution in [2.75, 3.05) is 5.73 Å². The zero-order valence-corrected chi connectivity index (χ0v) is 11.5. The van der Waals surface area contributed by atoms with Gasteiger partial charge in [0.2, 0.25) is 11.7 Å². The molecule has 0 aliphatic carbocycles. The molecule has 2 aromatic carbocycles. The molecule has 5 heteroatoms. The highest BCUT2D eigenvalue weighted by Crippen LogP contribution is 2.23. The molecule has 2 N–H and O–H groups in total. The number of rotatable bonds is 4. The van der Waals surface area contributed by atoms with Crippen molar-refractivity contribution in [2.45, 2.75) is 10.6 Å². The fourth-order valence-corrected chi connectivity index (χ4v) is 2.53. The van der Waals surface area contributed by atoms with Crippen LogP contribution in [0.4, 0.5) is 5.69 Å². The first-order valence-corrected chi connectivity index (χ1v) is 7.16. The Hall–Kier alpha value is -2.27. The molecule has 0 unspecified atom stereocenters. The van der Waals surface area contributed by atoms with Crippen molar-refractivity contribution in [3.05, 3.63) is 60.5 Å². The molecule has 4 nitrogen and oxygen atoms in total. The summed E-state index contributed by atoms with van der Waals surface area (Å²) in [5, 5.41) is 3.98. The maximum absolute atomic E-state index is 5.75. The van der Waals surface area contributed by atoms with Crippen LogP contribution in [-0.2, 0) is 5.75 Å². The Morgan fingerprint density at radius 1 is 1.05 bits per heavy atom. The van der Waals surface area contributed by atoms with Gasteiger partial charge in [-0.15, -0.1) is 11.8 Å². The molecule has 0 amide bonds. The number of benzene rings is 2. The van der Waals surface area contributed by atoms with Gasteiger partial charge in [-0.3, -0.25) is 0 Å². The second-order valence-corrected chi connectivity index (χ2v) is 5.29. The number of anilines is 1. The number of nitrogen functional groups attached to an aromatic ring is 1. The van der Waals surface area contributed by atoms with Crippen LogP contribution in [0.2, 0.25) is 0 Å². The Labute approximate surface area is 121 Å². The summed E-state index contributed by atoms with van der Waals surface area (Å²) in [5.41, 5.74) is 7.30. The van der Waals surface area contributed by atoms with E-state index in [-0.39, 0.29) is 0 Å². The number of nitrogens with zero attached hydrogens (tertiary/aromatic N) is 2. The van der Waals surface area contributed by atoms with Gasteiger partial charge in [-0.2, -0.15) is 4.98 Å². The smallest absolute Gasteiger partial charge is 0.237 e. The highest BCUT2D eigenvalue weighted by molar-refractivity contribution is 7.98. The fourth-order valence-electron chi connectivity index (χ4n) is 1.77. The molecule has 0 aliphatic heterocycles. The zero-order chi connectivity index (χ0) is 13.8. The lowest BCUT2D eigenvalue weighted by atomic mass is 10.2. The van der Waals surface area contributed by atoms with E-state index in [1.54, 1.807) is 11.8 Å². The van der Waals surface area contributed by atoms with Crippen molar-refractivity contribution in [3.8, 4) is 11.4 Å².